The Balaban J connectivity index is 2.17. The fraction of sp³-hybridized carbons (Fsp3) is 0.231. The van der Waals surface area contributed by atoms with Gasteiger partial charge in [0.15, 0.2) is 0 Å². The molecular formula is C13H15NS2. The highest BCUT2D eigenvalue weighted by Crippen LogP contribution is 2.26. The molecule has 1 atom stereocenters. The van der Waals surface area contributed by atoms with Crippen LogP contribution in [0.25, 0.3) is 0 Å². The van der Waals surface area contributed by atoms with Gasteiger partial charge >= 0.3 is 0 Å². The maximum Gasteiger partial charge on any atom is 0.0347 e. The van der Waals surface area contributed by atoms with Gasteiger partial charge in [-0.3, -0.25) is 0 Å². The van der Waals surface area contributed by atoms with Crippen LogP contribution in [-0.2, 0) is 6.42 Å². The summed E-state index contributed by atoms with van der Waals surface area (Å²) in [5.74, 6) is 0. The average molecular weight is 249 g/mol. The fourth-order valence-electron chi connectivity index (χ4n) is 1.75. The van der Waals surface area contributed by atoms with Gasteiger partial charge in [0, 0.05) is 10.9 Å². The fourth-order valence-corrected chi connectivity index (χ4v) is 3.10. The molecule has 1 aromatic carbocycles. The van der Waals surface area contributed by atoms with Crippen molar-refractivity contribution in [2.45, 2.75) is 17.4 Å². The molecule has 0 aliphatic carbocycles. The van der Waals surface area contributed by atoms with Crippen molar-refractivity contribution in [3.63, 3.8) is 0 Å². The third-order valence-electron chi connectivity index (χ3n) is 2.57. The van der Waals surface area contributed by atoms with Crippen LogP contribution < -0.4 is 5.73 Å². The van der Waals surface area contributed by atoms with Gasteiger partial charge < -0.3 is 5.73 Å². The molecule has 0 bridgehead atoms. The van der Waals surface area contributed by atoms with Crippen molar-refractivity contribution in [1.82, 2.24) is 0 Å². The highest BCUT2D eigenvalue weighted by atomic mass is 32.2. The molecule has 0 amide bonds. The Hall–Kier alpha value is -0.770. The minimum absolute atomic E-state index is 0.0956. The van der Waals surface area contributed by atoms with E-state index in [1.54, 1.807) is 23.1 Å². The van der Waals surface area contributed by atoms with Crippen LogP contribution in [0.5, 0.6) is 0 Å². The van der Waals surface area contributed by atoms with Crippen molar-refractivity contribution >= 4 is 23.1 Å². The number of benzene rings is 1. The monoisotopic (exact) mass is 249 g/mol. The number of thiophene rings is 1. The molecule has 0 aliphatic rings. The van der Waals surface area contributed by atoms with E-state index in [1.807, 2.05) is 0 Å². The molecule has 0 aliphatic heterocycles. The Morgan fingerprint density at radius 3 is 2.81 bits per heavy atom. The Kier molecular flexibility index (Phi) is 4.04. The summed E-state index contributed by atoms with van der Waals surface area (Å²) in [7, 11) is 0. The number of rotatable bonds is 4. The minimum Gasteiger partial charge on any atom is -0.324 e. The molecule has 84 valence electrons. The van der Waals surface area contributed by atoms with Gasteiger partial charge in [-0.25, -0.2) is 0 Å². The van der Waals surface area contributed by atoms with E-state index < -0.39 is 0 Å². The molecule has 1 unspecified atom stereocenters. The second-order valence-corrected chi connectivity index (χ2v) is 5.31. The second-order valence-electron chi connectivity index (χ2n) is 3.68. The molecule has 0 radical (unpaired) electrons. The van der Waals surface area contributed by atoms with Crippen LogP contribution in [0.3, 0.4) is 0 Å². The Morgan fingerprint density at radius 2 is 2.12 bits per heavy atom. The lowest BCUT2D eigenvalue weighted by molar-refractivity contribution is 0.709. The summed E-state index contributed by atoms with van der Waals surface area (Å²) in [6, 6.07) is 10.6. The summed E-state index contributed by atoms with van der Waals surface area (Å²) < 4.78 is 0. The normalized spacial score (nSPS) is 12.6. The van der Waals surface area contributed by atoms with Crippen molar-refractivity contribution in [3.05, 3.63) is 52.2 Å². The third kappa shape index (κ3) is 2.67. The summed E-state index contributed by atoms with van der Waals surface area (Å²) in [4.78, 5) is 1.28. The topological polar surface area (TPSA) is 26.0 Å². The van der Waals surface area contributed by atoms with Crippen LogP contribution in [0.4, 0.5) is 0 Å². The molecule has 1 aromatic heterocycles. The zero-order chi connectivity index (χ0) is 11.4. The lowest BCUT2D eigenvalue weighted by atomic mass is 10.0. The minimum atomic E-state index is 0.0956. The summed E-state index contributed by atoms with van der Waals surface area (Å²) in [6.45, 7) is 0. The molecule has 1 heterocycles. The molecule has 1 nitrogen and oxygen atoms in total. The first-order valence-electron chi connectivity index (χ1n) is 5.21. The van der Waals surface area contributed by atoms with E-state index in [0.29, 0.717) is 0 Å². The lowest BCUT2D eigenvalue weighted by Gasteiger charge is -2.14. The van der Waals surface area contributed by atoms with E-state index >= 15 is 0 Å². The Morgan fingerprint density at radius 1 is 1.31 bits per heavy atom. The van der Waals surface area contributed by atoms with E-state index in [-0.39, 0.29) is 6.04 Å². The van der Waals surface area contributed by atoms with E-state index in [9.17, 15) is 0 Å². The van der Waals surface area contributed by atoms with Gasteiger partial charge in [0.2, 0.25) is 0 Å². The Labute approximate surface area is 105 Å². The maximum atomic E-state index is 6.25. The van der Waals surface area contributed by atoms with Crippen LogP contribution in [0.1, 0.15) is 17.2 Å². The molecule has 2 aromatic rings. The second kappa shape index (κ2) is 5.53. The van der Waals surface area contributed by atoms with Crippen LogP contribution in [0, 0.1) is 0 Å². The highest BCUT2D eigenvalue weighted by Gasteiger charge is 2.10. The van der Waals surface area contributed by atoms with E-state index in [0.717, 1.165) is 6.42 Å². The van der Waals surface area contributed by atoms with Gasteiger partial charge in [-0.1, -0.05) is 18.2 Å². The molecule has 2 rings (SSSR count). The van der Waals surface area contributed by atoms with Crippen molar-refractivity contribution in [1.29, 1.82) is 0 Å². The molecule has 0 saturated heterocycles. The molecule has 3 heteroatoms. The van der Waals surface area contributed by atoms with Crippen molar-refractivity contribution < 1.29 is 0 Å². The highest BCUT2D eigenvalue weighted by molar-refractivity contribution is 7.98. The maximum absolute atomic E-state index is 6.25. The van der Waals surface area contributed by atoms with Crippen molar-refractivity contribution in [3.8, 4) is 0 Å². The zero-order valence-corrected chi connectivity index (χ0v) is 10.9. The molecule has 0 spiro atoms. The van der Waals surface area contributed by atoms with Gasteiger partial charge in [0.1, 0.15) is 0 Å². The first-order chi connectivity index (χ1) is 7.81. The lowest BCUT2D eigenvalue weighted by Crippen LogP contribution is -2.13. The standard InChI is InChI=1S/C13H15NS2/c1-15-13-5-3-2-4-11(13)12(14)8-10-6-7-16-9-10/h2-7,9,12H,8,14H2,1H3. The summed E-state index contributed by atoms with van der Waals surface area (Å²) in [5.41, 5.74) is 8.83. The first-order valence-corrected chi connectivity index (χ1v) is 7.37. The van der Waals surface area contributed by atoms with Gasteiger partial charge in [0.25, 0.3) is 0 Å². The SMILES string of the molecule is CSc1ccccc1C(N)Cc1ccsc1. The van der Waals surface area contributed by atoms with E-state index in [2.05, 4.69) is 47.3 Å². The van der Waals surface area contributed by atoms with Crippen LogP contribution in [0.2, 0.25) is 0 Å². The summed E-state index contributed by atoms with van der Waals surface area (Å²) in [6.07, 6.45) is 3.01. The summed E-state index contributed by atoms with van der Waals surface area (Å²) in [5, 5.41) is 4.27. The van der Waals surface area contributed by atoms with Crippen molar-refractivity contribution in [2.24, 2.45) is 5.73 Å². The third-order valence-corrected chi connectivity index (χ3v) is 4.12. The van der Waals surface area contributed by atoms with E-state index in [1.165, 1.54) is 16.0 Å². The van der Waals surface area contributed by atoms with Crippen LogP contribution >= 0.6 is 23.1 Å². The largest absolute Gasteiger partial charge is 0.324 e. The van der Waals surface area contributed by atoms with E-state index in [4.69, 9.17) is 5.73 Å². The predicted octanol–water partition coefficient (Wildman–Crippen LogP) is 3.71. The molecular weight excluding hydrogens is 234 g/mol. The van der Waals surface area contributed by atoms with Crippen LogP contribution in [0.15, 0.2) is 46.0 Å². The predicted molar refractivity (Wildman–Crippen MR) is 73.2 cm³/mol. The summed E-state index contributed by atoms with van der Waals surface area (Å²) >= 11 is 3.48. The Bertz CT molecular complexity index is 437. The van der Waals surface area contributed by atoms with Crippen LogP contribution in [-0.4, -0.2) is 6.26 Å². The number of nitrogens with two attached hydrogens (primary N) is 1. The van der Waals surface area contributed by atoms with Gasteiger partial charge in [-0.15, -0.1) is 11.8 Å². The number of hydrogen-bond donors (Lipinski definition) is 1. The smallest absolute Gasteiger partial charge is 0.0347 e. The number of thioether (sulfide) groups is 1. The molecule has 2 N–H and O–H groups in total. The van der Waals surface area contributed by atoms with Gasteiger partial charge in [-0.2, -0.15) is 11.3 Å². The molecule has 0 fully saturated rings. The quantitative estimate of drug-likeness (QED) is 0.836. The first kappa shape index (κ1) is 11.7. The average Bonchev–Trinajstić information content (AvgIpc) is 2.81. The molecule has 0 saturated carbocycles. The van der Waals surface area contributed by atoms with Gasteiger partial charge in [0.05, 0.1) is 0 Å². The number of hydrogen-bond acceptors (Lipinski definition) is 3. The zero-order valence-electron chi connectivity index (χ0n) is 9.22. The van der Waals surface area contributed by atoms with Crippen molar-refractivity contribution in [2.75, 3.05) is 6.26 Å². The molecule has 16 heavy (non-hydrogen) atoms. The van der Waals surface area contributed by atoms with Gasteiger partial charge in [-0.05, 0) is 46.7 Å².